The van der Waals surface area contributed by atoms with Crippen molar-refractivity contribution in [3.8, 4) is 17.0 Å². The number of aromatic hydroxyl groups is 1. The highest BCUT2D eigenvalue weighted by molar-refractivity contribution is 5.91. The van der Waals surface area contributed by atoms with E-state index in [0.29, 0.717) is 31.9 Å². The topological polar surface area (TPSA) is 87.3 Å². The largest absolute Gasteiger partial charge is 0.503 e. The van der Waals surface area contributed by atoms with Crippen LogP contribution in [0.5, 0.6) is 5.75 Å². The zero-order valence-electron chi connectivity index (χ0n) is 18.1. The Morgan fingerprint density at radius 3 is 2.33 bits per heavy atom. The fourth-order valence-electron chi connectivity index (χ4n) is 4.05. The first-order valence-electron chi connectivity index (χ1n) is 10.3. The molecule has 1 aromatic carbocycles. The van der Waals surface area contributed by atoms with Crippen LogP contribution in [0.1, 0.15) is 32.3 Å². The van der Waals surface area contributed by atoms with Crippen LogP contribution in [0, 0.1) is 17.6 Å². The van der Waals surface area contributed by atoms with Crippen LogP contribution in [-0.4, -0.2) is 48.7 Å². The van der Waals surface area contributed by atoms with Gasteiger partial charge in [-0.05, 0) is 24.8 Å². The highest BCUT2D eigenvalue weighted by Gasteiger charge is 2.39. The molecule has 2 N–H and O–H groups in total. The molecule has 0 aliphatic carbocycles. The van der Waals surface area contributed by atoms with E-state index in [1.54, 1.807) is 0 Å². The van der Waals surface area contributed by atoms with E-state index in [4.69, 9.17) is 0 Å². The van der Waals surface area contributed by atoms with Gasteiger partial charge in [-0.3, -0.25) is 0 Å². The molecule has 0 unspecified atom stereocenters. The Morgan fingerprint density at radius 2 is 1.76 bits per heavy atom. The summed E-state index contributed by atoms with van der Waals surface area (Å²) in [5, 5.41) is 24.5. The van der Waals surface area contributed by atoms with Gasteiger partial charge in [0, 0.05) is 31.9 Å². The van der Waals surface area contributed by atoms with Crippen LogP contribution in [0.25, 0.3) is 22.3 Å². The lowest BCUT2D eigenvalue weighted by Gasteiger charge is -2.40. The number of hydrogen-bond donors (Lipinski definition) is 2. The standard InChI is InChI=1S/C21H22F5N5O2/c1-10(2)20(33)4-6-31(7-5-20)19-27-9-12-16(29-30(3)18(12)28-19)11-8-13(21(24,25)26)15(23)17(32)14(11)22/h8-10,32-33H,4-7H2,1-3H3. The van der Waals surface area contributed by atoms with E-state index < -0.39 is 40.3 Å². The molecule has 178 valence electrons. The summed E-state index contributed by atoms with van der Waals surface area (Å²) in [7, 11) is 1.47. The molecule has 0 amide bonds. The van der Waals surface area contributed by atoms with Gasteiger partial charge in [-0.2, -0.15) is 23.3 Å². The maximum atomic E-state index is 14.6. The van der Waals surface area contributed by atoms with E-state index in [9.17, 15) is 32.2 Å². The number of nitrogens with zero attached hydrogens (tertiary/aromatic N) is 5. The fourth-order valence-corrected chi connectivity index (χ4v) is 4.05. The van der Waals surface area contributed by atoms with Crippen molar-refractivity contribution in [2.24, 2.45) is 13.0 Å². The number of rotatable bonds is 3. The van der Waals surface area contributed by atoms with Gasteiger partial charge in [0.05, 0.1) is 16.6 Å². The summed E-state index contributed by atoms with van der Waals surface area (Å²) in [5.74, 6) is -4.96. The van der Waals surface area contributed by atoms with Crippen molar-refractivity contribution in [2.45, 2.75) is 38.5 Å². The molecule has 0 atom stereocenters. The predicted molar refractivity (Wildman–Crippen MR) is 110 cm³/mol. The molecule has 0 spiro atoms. The molecule has 33 heavy (non-hydrogen) atoms. The maximum Gasteiger partial charge on any atom is 0.419 e. The third-order valence-corrected chi connectivity index (χ3v) is 6.29. The second kappa shape index (κ2) is 7.79. The SMILES string of the molecule is CC(C)C1(O)CCN(c2ncc3c(-c4cc(C(F)(F)F)c(F)c(O)c4F)nn(C)c3n2)CC1. The molecule has 3 aromatic rings. The lowest BCUT2D eigenvalue weighted by Crippen LogP contribution is -2.48. The van der Waals surface area contributed by atoms with Crippen molar-refractivity contribution in [1.29, 1.82) is 0 Å². The highest BCUT2D eigenvalue weighted by Crippen LogP contribution is 2.41. The van der Waals surface area contributed by atoms with Crippen LogP contribution in [-0.2, 0) is 13.2 Å². The molecule has 0 saturated carbocycles. The molecule has 7 nitrogen and oxygen atoms in total. The van der Waals surface area contributed by atoms with E-state index in [0.717, 1.165) is 0 Å². The Balaban J connectivity index is 1.75. The minimum absolute atomic E-state index is 0.0892. The normalized spacial score (nSPS) is 16.7. The van der Waals surface area contributed by atoms with Crippen molar-refractivity contribution in [3.05, 3.63) is 29.5 Å². The Bertz CT molecular complexity index is 1220. The number of aromatic nitrogens is 4. The number of aryl methyl sites for hydroxylation is 1. The van der Waals surface area contributed by atoms with Gasteiger partial charge in [-0.1, -0.05) is 13.8 Å². The minimum atomic E-state index is -5.15. The number of halogens is 5. The van der Waals surface area contributed by atoms with E-state index in [2.05, 4.69) is 15.1 Å². The average Bonchev–Trinajstić information content (AvgIpc) is 3.07. The maximum absolute atomic E-state index is 14.6. The first-order valence-corrected chi connectivity index (χ1v) is 10.3. The highest BCUT2D eigenvalue weighted by atomic mass is 19.4. The number of hydrogen-bond acceptors (Lipinski definition) is 6. The van der Waals surface area contributed by atoms with Gasteiger partial charge in [0.25, 0.3) is 0 Å². The van der Waals surface area contributed by atoms with Gasteiger partial charge in [-0.15, -0.1) is 0 Å². The second-order valence-electron chi connectivity index (χ2n) is 8.57. The molecule has 0 radical (unpaired) electrons. The van der Waals surface area contributed by atoms with Crippen molar-refractivity contribution >= 4 is 17.0 Å². The molecule has 4 rings (SSSR count). The van der Waals surface area contributed by atoms with Crippen LogP contribution >= 0.6 is 0 Å². The van der Waals surface area contributed by atoms with Crippen LogP contribution in [0.4, 0.5) is 27.9 Å². The van der Waals surface area contributed by atoms with Crippen LogP contribution < -0.4 is 4.90 Å². The van der Waals surface area contributed by atoms with E-state index in [-0.39, 0.29) is 28.7 Å². The quantitative estimate of drug-likeness (QED) is 0.562. The lowest BCUT2D eigenvalue weighted by molar-refractivity contribution is -0.140. The summed E-state index contributed by atoms with van der Waals surface area (Å²) >= 11 is 0. The number of alkyl halides is 3. The number of benzene rings is 1. The molecule has 3 heterocycles. The van der Waals surface area contributed by atoms with Gasteiger partial charge in [0.15, 0.2) is 23.0 Å². The average molecular weight is 471 g/mol. The van der Waals surface area contributed by atoms with Gasteiger partial charge < -0.3 is 15.1 Å². The Labute approximate surface area is 185 Å². The minimum Gasteiger partial charge on any atom is -0.503 e. The van der Waals surface area contributed by atoms with Gasteiger partial charge in [0.2, 0.25) is 5.95 Å². The summed E-state index contributed by atoms with van der Waals surface area (Å²) in [6.45, 7) is 4.90. The molecule has 1 saturated heterocycles. The predicted octanol–water partition coefficient (Wildman–Crippen LogP) is 4.02. The summed E-state index contributed by atoms with van der Waals surface area (Å²) in [5.41, 5.74) is -3.35. The number of fused-ring (bicyclic) bond motifs is 1. The van der Waals surface area contributed by atoms with Crippen molar-refractivity contribution in [1.82, 2.24) is 19.7 Å². The molecule has 0 bridgehead atoms. The number of phenolic OH excluding ortho intramolecular Hbond substituents is 1. The zero-order chi connectivity index (χ0) is 24.3. The third kappa shape index (κ3) is 3.85. The summed E-state index contributed by atoms with van der Waals surface area (Å²) < 4.78 is 69.3. The van der Waals surface area contributed by atoms with Crippen molar-refractivity contribution in [2.75, 3.05) is 18.0 Å². The summed E-state index contributed by atoms with van der Waals surface area (Å²) in [6, 6.07) is 0.275. The Kier molecular flexibility index (Phi) is 5.46. The van der Waals surface area contributed by atoms with E-state index in [1.165, 1.54) is 17.9 Å². The third-order valence-electron chi connectivity index (χ3n) is 6.29. The molecule has 12 heteroatoms. The van der Waals surface area contributed by atoms with E-state index in [1.807, 2.05) is 18.7 Å². The second-order valence-corrected chi connectivity index (χ2v) is 8.57. The van der Waals surface area contributed by atoms with Crippen LogP contribution in [0.2, 0.25) is 0 Å². The monoisotopic (exact) mass is 471 g/mol. The first kappa shape index (κ1) is 23.1. The molecule has 2 aromatic heterocycles. The molecular formula is C21H22F5N5O2. The Hall–Kier alpha value is -3.02. The number of piperidine rings is 1. The number of anilines is 1. The van der Waals surface area contributed by atoms with Crippen molar-refractivity contribution in [3.63, 3.8) is 0 Å². The van der Waals surface area contributed by atoms with Gasteiger partial charge in [-0.25, -0.2) is 18.4 Å². The van der Waals surface area contributed by atoms with Gasteiger partial charge in [0.1, 0.15) is 5.69 Å². The zero-order valence-corrected chi connectivity index (χ0v) is 18.1. The van der Waals surface area contributed by atoms with Crippen LogP contribution in [0.15, 0.2) is 12.3 Å². The lowest BCUT2D eigenvalue weighted by atomic mass is 9.82. The molecule has 1 aliphatic heterocycles. The summed E-state index contributed by atoms with van der Waals surface area (Å²) in [4.78, 5) is 10.6. The van der Waals surface area contributed by atoms with Crippen molar-refractivity contribution < 1.29 is 32.2 Å². The molecule has 1 fully saturated rings. The number of aliphatic hydroxyl groups is 1. The van der Waals surface area contributed by atoms with Gasteiger partial charge >= 0.3 is 6.18 Å². The van der Waals surface area contributed by atoms with E-state index >= 15 is 0 Å². The first-order chi connectivity index (χ1) is 15.3. The summed E-state index contributed by atoms with van der Waals surface area (Å²) in [6.07, 6.45) is -2.81. The fraction of sp³-hybridized carbons (Fsp3) is 0.476. The smallest absolute Gasteiger partial charge is 0.419 e. The Morgan fingerprint density at radius 1 is 1.12 bits per heavy atom. The number of phenols is 1. The molecule has 1 aliphatic rings. The molecular weight excluding hydrogens is 449 g/mol. The van der Waals surface area contributed by atoms with Crippen LogP contribution in [0.3, 0.4) is 0 Å².